The van der Waals surface area contributed by atoms with Gasteiger partial charge in [0.25, 0.3) is 5.91 Å². The Bertz CT molecular complexity index is 515. The van der Waals surface area contributed by atoms with Crippen LogP contribution >= 0.6 is 11.3 Å². The Morgan fingerprint density at radius 2 is 2.27 bits per heavy atom. The predicted molar refractivity (Wildman–Crippen MR) is 87.6 cm³/mol. The van der Waals surface area contributed by atoms with Gasteiger partial charge in [-0.05, 0) is 38.8 Å². The summed E-state index contributed by atoms with van der Waals surface area (Å²) in [5.41, 5.74) is 0.557. The molecular weight excluding hydrogens is 300 g/mol. The van der Waals surface area contributed by atoms with Crippen LogP contribution in [0.4, 0.5) is 0 Å². The SMILES string of the molecule is CC(=O)c1cc(C(=O)NCCCN2CCCC[C@H]2CO)cs1. The Balaban J connectivity index is 1.71. The third-order valence-electron chi connectivity index (χ3n) is 4.08. The van der Waals surface area contributed by atoms with E-state index in [2.05, 4.69) is 10.2 Å². The lowest BCUT2D eigenvalue weighted by Gasteiger charge is -2.34. The van der Waals surface area contributed by atoms with Crippen LogP contribution in [0.3, 0.4) is 0 Å². The first kappa shape index (κ1) is 17.1. The van der Waals surface area contributed by atoms with E-state index in [0.717, 1.165) is 25.9 Å². The number of carbonyl (C=O) groups excluding carboxylic acids is 2. The van der Waals surface area contributed by atoms with Crippen LogP contribution in [-0.4, -0.2) is 54.0 Å². The molecule has 0 bridgehead atoms. The zero-order valence-corrected chi connectivity index (χ0v) is 13.8. The lowest BCUT2D eigenvalue weighted by Crippen LogP contribution is -2.43. The molecule has 1 fully saturated rings. The summed E-state index contributed by atoms with van der Waals surface area (Å²) in [5.74, 6) is -0.134. The molecule has 0 aliphatic carbocycles. The van der Waals surface area contributed by atoms with Crippen LogP contribution < -0.4 is 5.32 Å². The molecule has 1 aromatic heterocycles. The normalized spacial score (nSPS) is 19.1. The molecule has 0 unspecified atom stereocenters. The van der Waals surface area contributed by atoms with Crippen molar-refractivity contribution < 1.29 is 14.7 Å². The Morgan fingerprint density at radius 1 is 1.45 bits per heavy atom. The van der Waals surface area contributed by atoms with Crippen molar-refractivity contribution in [2.75, 3.05) is 26.2 Å². The number of aliphatic hydroxyl groups excluding tert-OH is 1. The predicted octanol–water partition coefficient (Wildman–Crippen LogP) is 1.92. The minimum atomic E-state index is -0.124. The van der Waals surface area contributed by atoms with Gasteiger partial charge < -0.3 is 10.4 Å². The number of nitrogens with zero attached hydrogens (tertiary/aromatic N) is 1. The van der Waals surface area contributed by atoms with E-state index in [4.69, 9.17) is 0 Å². The molecule has 1 atom stereocenters. The van der Waals surface area contributed by atoms with E-state index in [1.165, 1.54) is 31.1 Å². The number of hydrogen-bond donors (Lipinski definition) is 2. The summed E-state index contributed by atoms with van der Waals surface area (Å²) in [5, 5.41) is 14.0. The van der Waals surface area contributed by atoms with Gasteiger partial charge in [-0.15, -0.1) is 11.3 Å². The Labute approximate surface area is 135 Å². The molecule has 22 heavy (non-hydrogen) atoms. The average molecular weight is 324 g/mol. The van der Waals surface area contributed by atoms with Crippen LogP contribution in [0.15, 0.2) is 11.4 Å². The molecule has 1 saturated heterocycles. The molecule has 122 valence electrons. The summed E-state index contributed by atoms with van der Waals surface area (Å²) in [6.45, 7) is 4.26. The molecule has 6 heteroatoms. The number of ketones is 1. The average Bonchev–Trinajstić information content (AvgIpc) is 3.02. The first-order valence-electron chi connectivity index (χ1n) is 7.84. The third-order valence-corrected chi connectivity index (χ3v) is 5.11. The Kier molecular flexibility index (Phi) is 6.54. The van der Waals surface area contributed by atoms with Crippen molar-refractivity contribution in [2.24, 2.45) is 0 Å². The topological polar surface area (TPSA) is 69.6 Å². The van der Waals surface area contributed by atoms with Crippen LogP contribution in [0, 0.1) is 0 Å². The van der Waals surface area contributed by atoms with Crippen molar-refractivity contribution in [3.05, 3.63) is 21.9 Å². The summed E-state index contributed by atoms with van der Waals surface area (Å²) < 4.78 is 0. The van der Waals surface area contributed by atoms with Crippen molar-refractivity contribution in [3.63, 3.8) is 0 Å². The highest BCUT2D eigenvalue weighted by Gasteiger charge is 2.20. The molecule has 1 aliphatic heterocycles. The number of nitrogens with one attached hydrogen (secondary N) is 1. The van der Waals surface area contributed by atoms with Gasteiger partial charge in [0.1, 0.15) is 0 Å². The molecule has 5 nitrogen and oxygen atoms in total. The first-order chi connectivity index (χ1) is 10.6. The van der Waals surface area contributed by atoms with Gasteiger partial charge in [0.15, 0.2) is 5.78 Å². The Hall–Kier alpha value is -1.24. The molecule has 2 heterocycles. The van der Waals surface area contributed by atoms with Gasteiger partial charge in [0.05, 0.1) is 17.0 Å². The number of likely N-dealkylation sites (tertiary alicyclic amines) is 1. The molecule has 2 rings (SSSR count). The van der Waals surface area contributed by atoms with E-state index < -0.39 is 0 Å². The third kappa shape index (κ3) is 4.63. The maximum absolute atomic E-state index is 12.0. The van der Waals surface area contributed by atoms with E-state index in [-0.39, 0.29) is 24.3 Å². The molecule has 1 aliphatic rings. The van der Waals surface area contributed by atoms with Gasteiger partial charge in [-0.1, -0.05) is 6.42 Å². The maximum atomic E-state index is 12.0. The zero-order valence-electron chi connectivity index (χ0n) is 13.0. The van der Waals surface area contributed by atoms with Gasteiger partial charge in [-0.2, -0.15) is 0 Å². The van der Waals surface area contributed by atoms with E-state index in [0.29, 0.717) is 17.0 Å². The Morgan fingerprint density at radius 3 is 2.95 bits per heavy atom. The largest absolute Gasteiger partial charge is 0.395 e. The number of Topliss-reactive ketones (excluding diaryl/α,β-unsaturated/α-hetero) is 1. The highest BCUT2D eigenvalue weighted by molar-refractivity contribution is 7.12. The van der Waals surface area contributed by atoms with E-state index in [9.17, 15) is 14.7 Å². The van der Waals surface area contributed by atoms with E-state index in [1.807, 2.05) is 0 Å². The van der Waals surface area contributed by atoms with Crippen molar-refractivity contribution >= 4 is 23.0 Å². The van der Waals surface area contributed by atoms with Gasteiger partial charge in [-0.25, -0.2) is 0 Å². The van der Waals surface area contributed by atoms with Gasteiger partial charge in [0, 0.05) is 24.5 Å². The molecule has 1 aromatic rings. The summed E-state index contributed by atoms with van der Waals surface area (Å²) in [6.07, 6.45) is 4.30. The van der Waals surface area contributed by atoms with Crippen LogP contribution in [0.5, 0.6) is 0 Å². The second-order valence-electron chi connectivity index (χ2n) is 5.73. The number of thiophene rings is 1. The maximum Gasteiger partial charge on any atom is 0.252 e. The summed E-state index contributed by atoms with van der Waals surface area (Å²) >= 11 is 1.30. The summed E-state index contributed by atoms with van der Waals surface area (Å²) in [6, 6.07) is 1.92. The smallest absolute Gasteiger partial charge is 0.252 e. The monoisotopic (exact) mass is 324 g/mol. The van der Waals surface area contributed by atoms with Crippen molar-refractivity contribution in [2.45, 2.75) is 38.6 Å². The zero-order chi connectivity index (χ0) is 15.9. The van der Waals surface area contributed by atoms with Gasteiger partial charge in [0.2, 0.25) is 0 Å². The van der Waals surface area contributed by atoms with Gasteiger partial charge >= 0.3 is 0 Å². The second-order valence-corrected chi connectivity index (χ2v) is 6.64. The molecule has 0 spiro atoms. The number of piperidine rings is 1. The molecule has 2 N–H and O–H groups in total. The van der Waals surface area contributed by atoms with Gasteiger partial charge in [-0.3, -0.25) is 14.5 Å². The summed E-state index contributed by atoms with van der Waals surface area (Å²) in [4.78, 5) is 26.1. The molecular formula is C16H24N2O3S. The molecule has 1 amide bonds. The number of hydrogen-bond acceptors (Lipinski definition) is 5. The fourth-order valence-electron chi connectivity index (χ4n) is 2.79. The van der Waals surface area contributed by atoms with Crippen LogP contribution in [0.2, 0.25) is 0 Å². The van der Waals surface area contributed by atoms with Crippen molar-refractivity contribution in [1.82, 2.24) is 10.2 Å². The van der Waals surface area contributed by atoms with E-state index >= 15 is 0 Å². The number of carbonyl (C=O) groups is 2. The lowest BCUT2D eigenvalue weighted by atomic mass is 10.0. The fourth-order valence-corrected chi connectivity index (χ4v) is 3.58. The second kappa shape index (κ2) is 8.41. The number of amides is 1. The molecule has 0 radical (unpaired) electrons. The summed E-state index contributed by atoms with van der Waals surface area (Å²) in [7, 11) is 0. The lowest BCUT2D eigenvalue weighted by molar-refractivity contribution is 0.0868. The minimum Gasteiger partial charge on any atom is -0.395 e. The van der Waals surface area contributed by atoms with Crippen LogP contribution in [0.1, 0.15) is 52.6 Å². The van der Waals surface area contributed by atoms with Crippen LogP contribution in [-0.2, 0) is 0 Å². The van der Waals surface area contributed by atoms with Crippen molar-refractivity contribution in [1.29, 1.82) is 0 Å². The van der Waals surface area contributed by atoms with Crippen LogP contribution in [0.25, 0.3) is 0 Å². The fraction of sp³-hybridized carbons (Fsp3) is 0.625. The molecule has 0 aromatic carbocycles. The number of rotatable bonds is 7. The van der Waals surface area contributed by atoms with E-state index in [1.54, 1.807) is 11.4 Å². The number of aliphatic hydroxyl groups is 1. The highest BCUT2D eigenvalue weighted by Crippen LogP contribution is 2.17. The first-order valence-corrected chi connectivity index (χ1v) is 8.72. The highest BCUT2D eigenvalue weighted by atomic mass is 32.1. The standard InChI is InChI=1S/C16H24N2O3S/c1-12(20)15-9-13(11-22-15)16(21)17-6-4-8-18-7-3-2-5-14(18)10-19/h9,11,14,19H,2-8,10H2,1H3,(H,17,21)/t14-/m0/s1. The quantitative estimate of drug-likeness (QED) is 0.594. The minimum absolute atomic E-state index is 0.0100. The molecule has 0 saturated carbocycles. The van der Waals surface area contributed by atoms with Crippen molar-refractivity contribution in [3.8, 4) is 0 Å².